The molecule has 2 N–H and O–H groups in total. The van der Waals surface area contributed by atoms with Crippen LogP contribution in [0.3, 0.4) is 0 Å². The van der Waals surface area contributed by atoms with E-state index in [0.717, 1.165) is 25.9 Å². The van der Waals surface area contributed by atoms with Crippen LogP contribution in [0.4, 0.5) is 0 Å². The van der Waals surface area contributed by atoms with Crippen LogP contribution in [-0.2, 0) is 5.41 Å². The molecule has 0 spiro atoms. The quantitative estimate of drug-likeness (QED) is 0.921. The Kier molecular flexibility index (Phi) is 3.51. The van der Waals surface area contributed by atoms with Gasteiger partial charge in [-0.15, -0.1) is 0 Å². The molecule has 0 unspecified atom stereocenters. The molecule has 2 heterocycles. The van der Waals surface area contributed by atoms with E-state index in [9.17, 15) is 0 Å². The van der Waals surface area contributed by atoms with E-state index in [4.69, 9.17) is 5.73 Å². The molecule has 2 aliphatic heterocycles. The third kappa shape index (κ3) is 2.27. The Hall–Kier alpha value is -1.64. The number of nitrogens with zero attached hydrogens (tertiary/aromatic N) is 1. The minimum absolute atomic E-state index is 0.122. The average Bonchev–Trinajstić information content (AvgIpc) is 2.96. The highest BCUT2D eigenvalue weighted by Gasteiger charge is 2.47. The second-order valence-corrected chi connectivity index (χ2v) is 6.93. The van der Waals surface area contributed by atoms with E-state index in [1.807, 2.05) is 0 Å². The molecule has 22 heavy (non-hydrogen) atoms. The molecular weight excluding hydrogens is 268 g/mol. The minimum Gasteiger partial charge on any atom is -0.328 e. The number of piperidine rings is 1. The molecule has 2 aromatic carbocycles. The van der Waals surface area contributed by atoms with Gasteiger partial charge in [0.05, 0.1) is 0 Å². The largest absolute Gasteiger partial charge is 0.328 e. The zero-order valence-electron chi connectivity index (χ0n) is 13.0. The fraction of sp³-hybridized carbons (Fsp3) is 0.400. The van der Waals surface area contributed by atoms with E-state index < -0.39 is 0 Å². The van der Waals surface area contributed by atoms with E-state index in [1.165, 1.54) is 17.5 Å². The van der Waals surface area contributed by atoms with Crippen LogP contribution in [0.1, 0.15) is 30.4 Å². The molecule has 0 bridgehead atoms. The zero-order valence-corrected chi connectivity index (χ0v) is 13.0. The fourth-order valence-electron chi connectivity index (χ4n) is 4.46. The van der Waals surface area contributed by atoms with Gasteiger partial charge in [-0.25, -0.2) is 0 Å². The topological polar surface area (TPSA) is 29.3 Å². The summed E-state index contributed by atoms with van der Waals surface area (Å²) >= 11 is 0. The highest BCUT2D eigenvalue weighted by molar-refractivity contribution is 5.42. The first kappa shape index (κ1) is 14.0. The molecule has 2 heteroatoms. The summed E-state index contributed by atoms with van der Waals surface area (Å²) in [4.78, 5) is 2.67. The van der Waals surface area contributed by atoms with Crippen LogP contribution >= 0.6 is 0 Å². The summed E-state index contributed by atoms with van der Waals surface area (Å²) in [6.45, 7) is 2.27. The molecule has 2 atom stereocenters. The third-order valence-electron chi connectivity index (χ3n) is 5.59. The van der Waals surface area contributed by atoms with E-state index >= 15 is 0 Å². The Balaban J connectivity index is 1.78. The molecule has 0 saturated carbocycles. The number of benzene rings is 2. The number of hydrogen-bond acceptors (Lipinski definition) is 2. The van der Waals surface area contributed by atoms with Crippen molar-refractivity contribution in [1.82, 2.24) is 4.90 Å². The van der Waals surface area contributed by atoms with Crippen LogP contribution in [0.25, 0.3) is 0 Å². The van der Waals surface area contributed by atoms with Gasteiger partial charge in [-0.3, -0.25) is 4.90 Å². The summed E-state index contributed by atoms with van der Waals surface area (Å²) in [5, 5.41) is 0. The minimum atomic E-state index is 0.122. The van der Waals surface area contributed by atoms with Gasteiger partial charge in [0.15, 0.2) is 0 Å². The Morgan fingerprint density at radius 2 is 1.50 bits per heavy atom. The molecule has 0 aliphatic carbocycles. The predicted molar refractivity (Wildman–Crippen MR) is 90.9 cm³/mol. The number of nitrogens with two attached hydrogens (primary N) is 1. The van der Waals surface area contributed by atoms with Crippen molar-refractivity contribution < 1.29 is 0 Å². The molecule has 114 valence electrons. The van der Waals surface area contributed by atoms with Crippen LogP contribution < -0.4 is 5.73 Å². The highest BCUT2D eigenvalue weighted by Crippen LogP contribution is 2.45. The average molecular weight is 292 g/mol. The van der Waals surface area contributed by atoms with Gasteiger partial charge in [0.1, 0.15) is 0 Å². The van der Waals surface area contributed by atoms with Gasteiger partial charge < -0.3 is 5.73 Å². The maximum atomic E-state index is 6.23. The van der Waals surface area contributed by atoms with Crippen LogP contribution in [0.2, 0.25) is 0 Å². The summed E-state index contributed by atoms with van der Waals surface area (Å²) in [7, 11) is 0. The van der Waals surface area contributed by atoms with Crippen molar-refractivity contribution in [3.8, 4) is 0 Å². The van der Waals surface area contributed by atoms with Gasteiger partial charge in [0.25, 0.3) is 0 Å². The normalized spacial score (nSPS) is 27.5. The summed E-state index contributed by atoms with van der Waals surface area (Å²) in [5.41, 5.74) is 9.25. The maximum Gasteiger partial charge on any atom is 0.0344 e. The van der Waals surface area contributed by atoms with Crippen LogP contribution in [0.15, 0.2) is 60.7 Å². The van der Waals surface area contributed by atoms with Gasteiger partial charge in [0.2, 0.25) is 0 Å². The van der Waals surface area contributed by atoms with Gasteiger partial charge in [-0.2, -0.15) is 0 Å². The summed E-state index contributed by atoms with van der Waals surface area (Å²) in [5.74, 6) is 0. The van der Waals surface area contributed by atoms with Crippen molar-refractivity contribution in [2.75, 3.05) is 13.1 Å². The van der Waals surface area contributed by atoms with E-state index in [-0.39, 0.29) is 5.41 Å². The molecule has 2 saturated heterocycles. The van der Waals surface area contributed by atoms with E-state index in [0.29, 0.717) is 12.1 Å². The van der Waals surface area contributed by atoms with Gasteiger partial charge in [-0.05, 0) is 36.9 Å². The maximum absolute atomic E-state index is 6.23. The van der Waals surface area contributed by atoms with Crippen LogP contribution in [0, 0.1) is 0 Å². The SMILES string of the molecule is N[C@@H]1CCN2CC(c3ccccc3)(c3ccccc3)C[C@@H]2C1. The van der Waals surface area contributed by atoms with Gasteiger partial charge >= 0.3 is 0 Å². The van der Waals surface area contributed by atoms with Crippen molar-refractivity contribution in [2.45, 2.75) is 36.8 Å². The monoisotopic (exact) mass is 292 g/mol. The number of hydrogen-bond donors (Lipinski definition) is 1. The molecule has 0 aromatic heterocycles. The summed E-state index contributed by atoms with van der Waals surface area (Å²) in [6.07, 6.45) is 3.46. The Morgan fingerprint density at radius 1 is 0.909 bits per heavy atom. The third-order valence-corrected chi connectivity index (χ3v) is 5.59. The lowest BCUT2D eigenvalue weighted by Gasteiger charge is -2.33. The first-order valence-corrected chi connectivity index (χ1v) is 8.39. The Labute approximate surface area is 132 Å². The zero-order chi connectivity index (χ0) is 15.0. The standard InChI is InChI=1S/C20H24N2/c21-18-11-12-22-15-20(14-19(22)13-18,16-7-3-1-4-8-16)17-9-5-2-6-10-17/h1-10,18-19H,11-15,21H2/t18-,19+/m1/s1. The van der Waals surface area contributed by atoms with Crippen molar-refractivity contribution in [3.63, 3.8) is 0 Å². The van der Waals surface area contributed by atoms with Crippen LogP contribution in [-0.4, -0.2) is 30.1 Å². The molecule has 2 aliphatic rings. The van der Waals surface area contributed by atoms with Crippen LogP contribution in [0.5, 0.6) is 0 Å². The summed E-state index contributed by atoms with van der Waals surface area (Å²) in [6, 6.07) is 23.1. The lowest BCUT2D eigenvalue weighted by atomic mass is 9.72. The Morgan fingerprint density at radius 3 is 2.09 bits per heavy atom. The first-order valence-electron chi connectivity index (χ1n) is 8.39. The fourth-order valence-corrected chi connectivity index (χ4v) is 4.46. The molecule has 2 nitrogen and oxygen atoms in total. The second-order valence-electron chi connectivity index (χ2n) is 6.93. The molecule has 0 amide bonds. The van der Waals surface area contributed by atoms with Gasteiger partial charge in [0, 0.05) is 24.0 Å². The molecule has 0 radical (unpaired) electrons. The first-order chi connectivity index (χ1) is 10.8. The summed E-state index contributed by atoms with van der Waals surface area (Å²) < 4.78 is 0. The predicted octanol–water partition coefficient (Wildman–Crippen LogP) is 3.17. The molecule has 2 aromatic rings. The Bertz CT molecular complexity index is 583. The molecule has 2 fully saturated rings. The van der Waals surface area contributed by atoms with Gasteiger partial charge in [-0.1, -0.05) is 60.7 Å². The smallest absolute Gasteiger partial charge is 0.0344 e. The van der Waals surface area contributed by atoms with Crippen molar-refractivity contribution in [3.05, 3.63) is 71.8 Å². The second kappa shape index (κ2) is 5.53. The van der Waals surface area contributed by atoms with E-state index in [1.54, 1.807) is 0 Å². The van der Waals surface area contributed by atoms with Crippen molar-refractivity contribution >= 4 is 0 Å². The van der Waals surface area contributed by atoms with Crippen molar-refractivity contribution in [1.29, 1.82) is 0 Å². The number of rotatable bonds is 2. The van der Waals surface area contributed by atoms with Crippen molar-refractivity contribution in [2.24, 2.45) is 5.73 Å². The molecule has 4 rings (SSSR count). The molecular formula is C20H24N2. The highest BCUT2D eigenvalue weighted by atomic mass is 15.2. The lowest BCUT2D eigenvalue weighted by molar-refractivity contribution is 0.180. The van der Waals surface area contributed by atoms with E-state index in [2.05, 4.69) is 65.6 Å². The number of fused-ring (bicyclic) bond motifs is 1. The lowest BCUT2D eigenvalue weighted by Crippen LogP contribution is -2.43.